The number of hydrogen-bond donors (Lipinski definition) is 1. The van der Waals surface area contributed by atoms with Crippen LogP contribution in [0.2, 0.25) is 0 Å². The Bertz CT molecular complexity index is 1190. The number of esters is 1. The van der Waals surface area contributed by atoms with Crippen LogP contribution in [0.25, 0.3) is 17.4 Å². The maximum Gasteiger partial charge on any atom is 0.344 e. The molecule has 31 heavy (non-hydrogen) atoms. The van der Waals surface area contributed by atoms with Crippen molar-refractivity contribution < 1.29 is 19.1 Å². The highest BCUT2D eigenvalue weighted by Gasteiger charge is 2.33. The summed E-state index contributed by atoms with van der Waals surface area (Å²) in [6.45, 7) is 1.92. The zero-order chi connectivity index (χ0) is 21.8. The van der Waals surface area contributed by atoms with E-state index in [4.69, 9.17) is 9.15 Å². The molecule has 0 radical (unpaired) electrons. The molecule has 2 heterocycles. The molecule has 0 fully saturated rings. The van der Waals surface area contributed by atoms with E-state index in [1.165, 1.54) is 11.8 Å². The van der Waals surface area contributed by atoms with E-state index in [0.29, 0.717) is 27.2 Å². The predicted molar refractivity (Wildman–Crippen MR) is 127 cm³/mol. The van der Waals surface area contributed by atoms with Gasteiger partial charge in [0, 0.05) is 10.0 Å². The van der Waals surface area contributed by atoms with Gasteiger partial charge in [-0.1, -0.05) is 58.0 Å². The molecule has 0 bridgehead atoms. The van der Waals surface area contributed by atoms with Crippen molar-refractivity contribution in [2.24, 2.45) is 4.99 Å². The fourth-order valence-corrected chi connectivity index (χ4v) is 4.22. The van der Waals surface area contributed by atoms with Crippen molar-refractivity contribution in [2.75, 3.05) is 6.61 Å². The number of rotatable bonds is 5. The Morgan fingerprint density at radius 1 is 1.13 bits per heavy atom. The van der Waals surface area contributed by atoms with Gasteiger partial charge in [0.25, 0.3) is 0 Å². The Balaban J connectivity index is 1.68. The summed E-state index contributed by atoms with van der Waals surface area (Å²) < 4.78 is 12.0. The van der Waals surface area contributed by atoms with E-state index in [1.807, 2.05) is 66.7 Å². The Labute approximate surface area is 192 Å². The number of aliphatic hydroxyl groups is 1. The van der Waals surface area contributed by atoms with Crippen molar-refractivity contribution in [3.63, 3.8) is 0 Å². The van der Waals surface area contributed by atoms with Crippen LogP contribution < -0.4 is 0 Å². The molecule has 7 heteroatoms. The number of para-hydroxylation sites is 1. The fourth-order valence-electron chi connectivity index (χ4n) is 2.94. The second-order valence-corrected chi connectivity index (χ2v) is 8.46. The lowest BCUT2D eigenvalue weighted by Crippen LogP contribution is -2.12. The van der Waals surface area contributed by atoms with E-state index in [0.717, 1.165) is 10.0 Å². The average molecular weight is 496 g/mol. The first-order valence-corrected chi connectivity index (χ1v) is 11.2. The zero-order valence-electron chi connectivity index (χ0n) is 16.5. The summed E-state index contributed by atoms with van der Waals surface area (Å²) in [5.74, 6) is 0.478. The molecule has 1 aliphatic heterocycles. The molecule has 4 rings (SSSR count). The van der Waals surface area contributed by atoms with Gasteiger partial charge in [0.05, 0.1) is 17.2 Å². The standard InChI is InChI=1S/C24H18BrNO4S/c1-2-29-24(28)21-22(27)20(31-23(21)26-17-6-4-3-5-7-17)14-18-12-13-19(30-18)15-8-10-16(25)11-9-15/h3-14,27H,2H2,1H3/b20-14-,26-23?. The third kappa shape index (κ3) is 4.84. The highest BCUT2D eigenvalue weighted by atomic mass is 79.9. The van der Waals surface area contributed by atoms with Crippen molar-refractivity contribution in [1.82, 2.24) is 0 Å². The van der Waals surface area contributed by atoms with Gasteiger partial charge in [-0.2, -0.15) is 0 Å². The minimum atomic E-state index is -0.611. The average Bonchev–Trinajstić information content (AvgIpc) is 3.34. The van der Waals surface area contributed by atoms with Crippen LogP contribution in [0.15, 0.2) is 96.8 Å². The van der Waals surface area contributed by atoms with E-state index in [1.54, 1.807) is 13.0 Å². The lowest BCUT2D eigenvalue weighted by atomic mass is 10.2. The summed E-state index contributed by atoms with van der Waals surface area (Å²) in [6, 6.07) is 20.7. The molecular formula is C24H18BrNO4S. The van der Waals surface area contributed by atoms with Crippen LogP contribution >= 0.6 is 27.7 Å². The lowest BCUT2D eigenvalue weighted by molar-refractivity contribution is -0.138. The Kier molecular flexibility index (Phi) is 6.44. The van der Waals surface area contributed by atoms with E-state index in [9.17, 15) is 9.90 Å². The molecule has 156 valence electrons. The van der Waals surface area contributed by atoms with Gasteiger partial charge < -0.3 is 14.3 Å². The number of aliphatic imine (C=N–C) groups is 1. The molecule has 2 aromatic carbocycles. The lowest BCUT2D eigenvalue weighted by Gasteiger charge is -2.03. The van der Waals surface area contributed by atoms with Crippen molar-refractivity contribution in [1.29, 1.82) is 0 Å². The largest absolute Gasteiger partial charge is 0.506 e. The van der Waals surface area contributed by atoms with Crippen molar-refractivity contribution in [3.05, 3.63) is 93.2 Å². The third-order valence-electron chi connectivity index (χ3n) is 4.39. The highest BCUT2D eigenvalue weighted by molar-refractivity contribution is 9.10. The van der Waals surface area contributed by atoms with Gasteiger partial charge in [-0.05, 0) is 49.4 Å². The molecule has 5 nitrogen and oxygen atoms in total. The minimum absolute atomic E-state index is 0.0571. The molecule has 0 atom stereocenters. The van der Waals surface area contributed by atoms with Gasteiger partial charge in [-0.3, -0.25) is 0 Å². The van der Waals surface area contributed by atoms with E-state index in [-0.39, 0.29) is 17.9 Å². The molecule has 0 amide bonds. The first-order valence-electron chi connectivity index (χ1n) is 9.55. The fraction of sp³-hybridized carbons (Fsp3) is 0.0833. The van der Waals surface area contributed by atoms with Crippen molar-refractivity contribution in [3.8, 4) is 11.3 Å². The number of nitrogens with zero attached hydrogens (tertiary/aromatic N) is 1. The zero-order valence-corrected chi connectivity index (χ0v) is 18.9. The van der Waals surface area contributed by atoms with Crippen molar-refractivity contribution in [2.45, 2.75) is 6.92 Å². The van der Waals surface area contributed by atoms with Crippen LogP contribution in [0.3, 0.4) is 0 Å². The Morgan fingerprint density at radius 3 is 2.58 bits per heavy atom. The number of carbonyl (C=O) groups excluding carboxylic acids is 1. The quantitative estimate of drug-likeness (QED) is 0.389. The summed E-state index contributed by atoms with van der Waals surface area (Å²) in [5, 5.41) is 11.2. The summed E-state index contributed by atoms with van der Waals surface area (Å²) in [4.78, 5) is 17.5. The van der Waals surface area contributed by atoms with Gasteiger partial charge in [0.15, 0.2) is 0 Å². The molecule has 0 unspecified atom stereocenters. The summed E-state index contributed by atoms with van der Waals surface area (Å²) >= 11 is 4.62. The number of ether oxygens (including phenoxy) is 1. The molecule has 0 saturated heterocycles. The maximum atomic E-state index is 12.5. The Morgan fingerprint density at radius 2 is 1.87 bits per heavy atom. The van der Waals surface area contributed by atoms with Crippen molar-refractivity contribution >= 4 is 50.5 Å². The monoisotopic (exact) mass is 495 g/mol. The number of halogens is 1. The minimum Gasteiger partial charge on any atom is -0.506 e. The SMILES string of the molecule is CCOC(=O)C1=C(O)/C(=C/c2ccc(-c3ccc(Br)cc3)o2)SC1=Nc1ccccc1. The van der Waals surface area contributed by atoms with Crippen LogP contribution in [-0.2, 0) is 9.53 Å². The molecule has 1 aliphatic rings. The molecule has 0 saturated carbocycles. The second kappa shape index (κ2) is 9.41. The number of thioether (sulfide) groups is 1. The van der Waals surface area contributed by atoms with Crippen LogP contribution in [0, 0.1) is 0 Å². The summed E-state index contributed by atoms with van der Waals surface area (Å²) in [6.07, 6.45) is 1.69. The number of carbonyl (C=O) groups is 1. The number of furan rings is 1. The smallest absolute Gasteiger partial charge is 0.344 e. The molecular weight excluding hydrogens is 478 g/mol. The van der Waals surface area contributed by atoms with Gasteiger partial charge in [0.1, 0.15) is 27.9 Å². The van der Waals surface area contributed by atoms with E-state index in [2.05, 4.69) is 20.9 Å². The maximum absolute atomic E-state index is 12.5. The molecule has 0 aliphatic carbocycles. The first-order chi connectivity index (χ1) is 15.0. The Hall–Kier alpha value is -3.03. The first kappa shape index (κ1) is 21.2. The van der Waals surface area contributed by atoms with Crippen LogP contribution in [-0.4, -0.2) is 22.7 Å². The predicted octanol–water partition coefficient (Wildman–Crippen LogP) is 6.90. The van der Waals surface area contributed by atoms with Crippen LogP contribution in [0.4, 0.5) is 5.69 Å². The molecule has 3 aromatic rings. The second-order valence-electron chi connectivity index (χ2n) is 6.52. The molecule has 1 N–H and O–H groups in total. The number of hydrogen-bond acceptors (Lipinski definition) is 6. The van der Waals surface area contributed by atoms with Crippen LogP contribution in [0.5, 0.6) is 0 Å². The third-order valence-corrected chi connectivity index (χ3v) is 5.93. The molecule has 1 aromatic heterocycles. The summed E-state index contributed by atoms with van der Waals surface area (Å²) in [7, 11) is 0. The topological polar surface area (TPSA) is 72.0 Å². The summed E-state index contributed by atoms with van der Waals surface area (Å²) in [5.41, 5.74) is 1.67. The molecule has 0 spiro atoms. The van der Waals surface area contributed by atoms with Gasteiger partial charge in [-0.15, -0.1) is 0 Å². The van der Waals surface area contributed by atoms with Gasteiger partial charge in [0.2, 0.25) is 0 Å². The van der Waals surface area contributed by atoms with E-state index < -0.39 is 5.97 Å². The van der Waals surface area contributed by atoms with E-state index >= 15 is 0 Å². The van der Waals surface area contributed by atoms with Gasteiger partial charge >= 0.3 is 5.97 Å². The normalized spacial score (nSPS) is 16.3. The van der Waals surface area contributed by atoms with Crippen LogP contribution in [0.1, 0.15) is 12.7 Å². The number of aliphatic hydroxyl groups excluding tert-OH is 1. The highest BCUT2D eigenvalue weighted by Crippen LogP contribution is 2.40. The number of benzene rings is 2. The van der Waals surface area contributed by atoms with Gasteiger partial charge in [-0.25, -0.2) is 9.79 Å².